The summed E-state index contributed by atoms with van der Waals surface area (Å²) in [7, 11) is 0. The number of aromatic nitrogens is 2. The number of aromatic amines is 1. The van der Waals surface area contributed by atoms with E-state index in [9.17, 15) is 9.59 Å². The highest BCUT2D eigenvalue weighted by Gasteiger charge is 2.10. The second-order valence-electron chi connectivity index (χ2n) is 3.68. The van der Waals surface area contributed by atoms with Crippen molar-refractivity contribution < 1.29 is 4.42 Å². The van der Waals surface area contributed by atoms with Crippen molar-refractivity contribution in [3.05, 3.63) is 33.2 Å². The van der Waals surface area contributed by atoms with E-state index in [0.29, 0.717) is 24.1 Å². The SMILES string of the molecule is O=c1[nH]c2occc2c(=O)n1CC[C@@H](S)CS. The highest BCUT2D eigenvalue weighted by atomic mass is 32.1. The molecule has 1 atom stereocenters. The molecular formula is C10H12N2O3S2. The van der Waals surface area contributed by atoms with Gasteiger partial charge in [0, 0.05) is 17.5 Å². The molecule has 0 spiro atoms. The van der Waals surface area contributed by atoms with Crippen molar-refractivity contribution in [2.75, 3.05) is 5.75 Å². The third-order valence-electron chi connectivity index (χ3n) is 2.50. The van der Waals surface area contributed by atoms with E-state index in [1.807, 2.05) is 0 Å². The smallest absolute Gasteiger partial charge is 0.331 e. The zero-order valence-electron chi connectivity index (χ0n) is 8.92. The van der Waals surface area contributed by atoms with Crippen LogP contribution in [0, 0.1) is 0 Å². The third-order valence-corrected chi connectivity index (χ3v) is 3.67. The fourth-order valence-electron chi connectivity index (χ4n) is 1.55. The summed E-state index contributed by atoms with van der Waals surface area (Å²) in [5.41, 5.74) is -0.581. The summed E-state index contributed by atoms with van der Waals surface area (Å²) in [5.74, 6) is 0.601. The first-order chi connectivity index (χ1) is 8.13. The van der Waals surface area contributed by atoms with Gasteiger partial charge in [0.05, 0.1) is 6.26 Å². The molecule has 1 N–H and O–H groups in total. The molecule has 0 fully saturated rings. The van der Waals surface area contributed by atoms with E-state index < -0.39 is 5.69 Å². The Morgan fingerprint density at radius 1 is 1.47 bits per heavy atom. The van der Waals surface area contributed by atoms with E-state index in [2.05, 4.69) is 30.2 Å². The molecule has 0 aliphatic rings. The van der Waals surface area contributed by atoms with Gasteiger partial charge in [0.1, 0.15) is 5.39 Å². The maximum atomic E-state index is 12.0. The monoisotopic (exact) mass is 272 g/mol. The Bertz CT molecular complexity index is 628. The van der Waals surface area contributed by atoms with E-state index in [0.717, 1.165) is 4.57 Å². The Labute approximate surface area is 108 Å². The largest absolute Gasteiger partial charge is 0.448 e. The minimum atomic E-state index is -0.461. The Kier molecular flexibility index (Phi) is 3.68. The molecule has 5 nitrogen and oxygen atoms in total. The molecule has 0 saturated heterocycles. The van der Waals surface area contributed by atoms with E-state index in [1.54, 1.807) is 6.07 Å². The van der Waals surface area contributed by atoms with Crippen LogP contribution < -0.4 is 11.2 Å². The standard InChI is InChI=1S/C10H12N2O3S2/c13-9-7-2-4-15-8(7)11-10(14)12(9)3-1-6(17)5-16/h2,4,6,16-17H,1,3,5H2,(H,11,14)/t6-/m1/s1. The molecule has 7 heteroatoms. The topological polar surface area (TPSA) is 68.0 Å². The summed E-state index contributed by atoms with van der Waals surface area (Å²) in [5, 5.41) is 0.441. The first-order valence-corrected chi connectivity index (χ1v) is 6.27. The number of nitrogens with one attached hydrogen (secondary N) is 1. The molecule has 0 aliphatic carbocycles. The number of H-pyrrole nitrogens is 1. The average molecular weight is 272 g/mol. The van der Waals surface area contributed by atoms with Crippen molar-refractivity contribution >= 4 is 36.4 Å². The summed E-state index contributed by atoms with van der Waals surface area (Å²) in [4.78, 5) is 26.1. The predicted octanol–water partition coefficient (Wildman–Crippen LogP) is 0.901. The molecule has 17 heavy (non-hydrogen) atoms. The molecule has 0 aromatic carbocycles. The fourth-order valence-corrected chi connectivity index (χ4v) is 1.85. The number of hydrogen-bond acceptors (Lipinski definition) is 5. The predicted molar refractivity (Wildman–Crippen MR) is 72.3 cm³/mol. The van der Waals surface area contributed by atoms with Crippen molar-refractivity contribution in [1.82, 2.24) is 9.55 Å². The van der Waals surface area contributed by atoms with Crippen LogP contribution in [0.4, 0.5) is 0 Å². The van der Waals surface area contributed by atoms with Gasteiger partial charge < -0.3 is 4.42 Å². The van der Waals surface area contributed by atoms with Crippen molar-refractivity contribution in [1.29, 1.82) is 0 Å². The lowest BCUT2D eigenvalue weighted by Crippen LogP contribution is -2.35. The summed E-state index contributed by atoms with van der Waals surface area (Å²) >= 11 is 8.37. The van der Waals surface area contributed by atoms with Gasteiger partial charge in [0.15, 0.2) is 0 Å². The minimum absolute atomic E-state index is 0.0599. The van der Waals surface area contributed by atoms with Crippen LogP contribution >= 0.6 is 25.3 Å². The van der Waals surface area contributed by atoms with Gasteiger partial charge in [0.2, 0.25) is 5.71 Å². The summed E-state index contributed by atoms with van der Waals surface area (Å²) in [6.07, 6.45) is 1.99. The zero-order valence-corrected chi connectivity index (χ0v) is 10.7. The van der Waals surface area contributed by atoms with E-state index in [1.165, 1.54) is 6.26 Å². The van der Waals surface area contributed by atoms with Crippen LogP contribution in [0.15, 0.2) is 26.3 Å². The quantitative estimate of drug-likeness (QED) is 0.724. The van der Waals surface area contributed by atoms with E-state index in [4.69, 9.17) is 4.42 Å². The lowest BCUT2D eigenvalue weighted by atomic mass is 10.3. The lowest BCUT2D eigenvalue weighted by Gasteiger charge is -2.08. The molecule has 0 saturated carbocycles. The second-order valence-corrected chi connectivity index (χ2v) is 4.77. The molecular weight excluding hydrogens is 260 g/mol. The van der Waals surface area contributed by atoms with Crippen LogP contribution in [0.1, 0.15) is 6.42 Å². The molecule has 0 bridgehead atoms. The normalized spacial score (nSPS) is 13.1. The molecule has 92 valence electrons. The number of hydrogen-bond donors (Lipinski definition) is 3. The van der Waals surface area contributed by atoms with Gasteiger partial charge in [0.25, 0.3) is 5.56 Å². The summed E-state index contributed by atoms with van der Waals surface area (Å²) in [6, 6.07) is 1.54. The van der Waals surface area contributed by atoms with E-state index in [-0.39, 0.29) is 16.5 Å². The molecule has 2 heterocycles. The number of nitrogens with zero attached hydrogens (tertiary/aromatic N) is 1. The van der Waals surface area contributed by atoms with Crippen LogP contribution in [0.3, 0.4) is 0 Å². The molecule has 2 aromatic heterocycles. The van der Waals surface area contributed by atoms with Gasteiger partial charge in [-0.2, -0.15) is 25.3 Å². The Morgan fingerprint density at radius 2 is 2.24 bits per heavy atom. The number of furan rings is 1. The molecule has 2 aromatic rings. The van der Waals surface area contributed by atoms with Crippen LogP contribution in [-0.2, 0) is 6.54 Å². The number of thiol groups is 2. The number of fused-ring (bicyclic) bond motifs is 1. The minimum Gasteiger partial charge on any atom is -0.448 e. The fraction of sp³-hybridized carbons (Fsp3) is 0.400. The maximum Gasteiger partial charge on any atom is 0.331 e. The highest BCUT2D eigenvalue weighted by molar-refractivity contribution is 7.84. The lowest BCUT2D eigenvalue weighted by molar-refractivity contribution is 0.572. The Balaban J connectivity index is 2.40. The van der Waals surface area contributed by atoms with E-state index >= 15 is 0 Å². The van der Waals surface area contributed by atoms with Crippen molar-refractivity contribution in [2.45, 2.75) is 18.2 Å². The summed E-state index contributed by atoms with van der Waals surface area (Å²) in [6.45, 7) is 0.323. The van der Waals surface area contributed by atoms with Gasteiger partial charge >= 0.3 is 5.69 Å². The van der Waals surface area contributed by atoms with Crippen LogP contribution in [0.25, 0.3) is 11.1 Å². The molecule has 0 amide bonds. The average Bonchev–Trinajstić information content (AvgIpc) is 2.76. The third kappa shape index (κ3) is 2.44. The molecule has 2 rings (SSSR count). The van der Waals surface area contributed by atoms with Crippen LogP contribution in [0.5, 0.6) is 0 Å². The van der Waals surface area contributed by atoms with Crippen LogP contribution in [-0.4, -0.2) is 20.6 Å². The van der Waals surface area contributed by atoms with Crippen molar-refractivity contribution in [3.63, 3.8) is 0 Å². The van der Waals surface area contributed by atoms with Crippen LogP contribution in [0.2, 0.25) is 0 Å². The second kappa shape index (κ2) is 5.05. The summed E-state index contributed by atoms with van der Waals surface area (Å²) < 4.78 is 6.14. The van der Waals surface area contributed by atoms with Gasteiger partial charge in [-0.05, 0) is 12.5 Å². The Morgan fingerprint density at radius 3 is 2.94 bits per heavy atom. The molecule has 0 aliphatic heterocycles. The van der Waals surface area contributed by atoms with Gasteiger partial charge in [-0.3, -0.25) is 14.3 Å². The van der Waals surface area contributed by atoms with Gasteiger partial charge in [-0.25, -0.2) is 4.79 Å². The molecule has 0 radical (unpaired) electrons. The highest BCUT2D eigenvalue weighted by Crippen LogP contribution is 2.06. The van der Waals surface area contributed by atoms with Crippen molar-refractivity contribution in [3.8, 4) is 0 Å². The molecule has 0 unspecified atom stereocenters. The zero-order chi connectivity index (χ0) is 12.4. The van der Waals surface area contributed by atoms with Gasteiger partial charge in [-0.15, -0.1) is 0 Å². The van der Waals surface area contributed by atoms with Crippen molar-refractivity contribution in [2.24, 2.45) is 0 Å². The Hall–Kier alpha value is -1.08. The number of rotatable bonds is 4. The first-order valence-electron chi connectivity index (χ1n) is 5.12. The maximum absolute atomic E-state index is 12.0. The van der Waals surface area contributed by atoms with Gasteiger partial charge in [-0.1, -0.05) is 0 Å². The first kappa shape index (κ1) is 12.4.